The minimum atomic E-state index is -2.45. The highest BCUT2D eigenvalue weighted by Gasteiger charge is 2.19. The van der Waals surface area contributed by atoms with Crippen molar-refractivity contribution in [1.29, 1.82) is 0 Å². The fraction of sp³-hybridized carbons (Fsp3) is 0.538. The van der Waals surface area contributed by atoms with Crippen LogP contribution in [0, 0.1) is 0 Å². The van der Waals surface area contributed by atoms with Gasteiger partial charge in [0.1, 0.15) is 19.8 Å². The highest BCUT2D eigenvalue weighted by atomic mass is 79.9. The summed E-state index contributed by atoms with van der Waals surface area (Å²) < 4.78 is 40.5. The number of ether oxygens (including phenoxy) is 3. The molecule has 0 bridgehead atoms. The maximum atomic E-state index is 11.9. The van der Waals surface area contributed by atoms with E-state index in [1.165, 1.54) is 0 Å². The highest BCUT2D eigenvalue weighted by molar-refractivity contribution is 9.10. The summed E-state index contributed by atoms with van der Waals surface area (Å²) in [6.07, 6.45) is -2.02. The van der Waals surface area contributed by atoms with E-state index in [1.54, 1.807) is 6.07 Å². The Labute approximate surface area is 129 Å². The van der Waals surface area contributed by atoms with E-state index in [2.05, 4.69) is 15.9 Å². The molecule has 1 aliphatic rings. The predicted molar refractivity (Wildman–Crippen MR) is 75.2 cm³/mol. The minimum Gasteiger partial charge on any atom is -0.486 e. The molecular weight excluding hydrogens is 357 g/mol. The lowest BCUT2D eigenvalue weighted by Gasteiger charge is -2.21. The molecule has 7 heteroatoms. The molecule has 0 radical (unpaired) electrons. The van der Waals surface area contributed by atoms with Gasteiger partial charge in [-0.25, -0.2) is 8.78 Å². The molecule has 0 N–H and O–H groups in total. The van der Waals surface area contributed by atoms with Crippen LogP contribution in [0.15, 0.2) is 16.6 Å². The zero-order chi connectivity index (χ0) is 14.5. The van der Waals surface area contributed by atoms with Crippen LogP contribution in [0.25, 0.3) is 0 Å². The lowest BCUT2D eigenvalue weighted by atomic mass is 10.1. The molecule has 1 unspecified atom stereocenters. The summed E-state index contributed by atoms with van der Waals surface area (Å²) in [5.74, 6) is 1.32. The Kier molecular flexibility index (Phi) is 5.86. The Balaban J connectivity index is 1.97. The van der Waals surface area contributed by atoms with E-state index in [1.807, 2.05) is 6.07 Å². The maximum absolute atomic E-state index is 11.9. The summed E-state index contributed by atoms with van der Waals surface area (Å²) in [5, 5.41) is -0.349. The van der Waals surface area contributed by atoms with Crippen molar-refractivity contribution >= 4 is 27.5 Å². The van der Waals surface area contributed by atoms with E-state index >= 15 is 0 Å². The molecule has 1 aliphatic heterocycles. The summed E-state index contributed by atoms with van der Waals surface area (Å²) in [4.78, 5) is 0. The van der Waals surface area contributed by atoms with Crippen LogP contribution in [0.3, 0.4) is 0 Å². The molecule has 0 aliphatic carbocycles. The lowest BCUT2D eigenvalue weighted by Crippen LogP contribution is -2.15. The summed E-state index contributed by atoms with van der Waals surface area (Å²) in [5.41, 5.74) is 0.830. The second-order valence-electron chi connectivity index (χ2n) is 4.24. The molecule has 3 nitrogen and oxygen atoms in total. The first-order chi connectivity index (χ1) is 9.58. The van der Waals surface area contributed by atoms with Crippen LogP contribution in [-0.4, -0.2) is 32.9 Å². The third-order valence-corrected chi connectivity index (χ3v) is 3.90. The molecular formula is C13H14BrClF2O3. The van der Waals surface area contributed by atoms with Crippen molar-refractivity contribution in [2.75, 3.05) is 26.4 Å². The van der Waals surface area contributed by atoms with Gasteiger partial charge < -0.3 is 14.2 Å². The van der Waals surface area contributed by atoms with Gasteiger partial charge in [-0.05, 0) is 24.1 Å². The first kappa shape index (κ1) is 15.8. The molecule has 2 rings (SSSR count). The maximum Gasteiger partial charge on any atom is 0.261 e. The van der Waals surface area contributed by atoms with Gasteiger partial charge in [0.05, 0.1) is 5.38 Å². The Bertz CT molecular complexity index is 459. The fourth-order valence-electron chi connectivity index (χ4n) is 1.83. The fourth-order valence-corrected chi connectivity index (χ4v) is 2.83. The van der Waals surface area contributed by atoms with Crippen molar-refractivity contribution in [3.8, 4) is 11.5 Å². The van der Waals surface area contributed by atoms with Crippen molar-refractivity contribution < 1.29 is 23.0 Å². The number of fused-ring (bicyclic) bond motifs is 1. The summed E-state index contributed by atoms with van der Waals surface area (Å²) in [7, 11) is 0. The minimum absolute atomic E-state index is 0.180. The van der Waals surface area contributed by atoms with Crippen molar-refractivity contribution in [3.05, 3.63) is 22.2 Å². The van der Waals surface area contributed by atoms with Gasteiger partial charge in [0, 0.05) is 11.1 Å². The Morgan fingerprint density at radius 3 is 2.55 bits per heavy atom. The normalized spacial score (nSPS) is 15.4. The third-order valence-electron chi connectivity index (χ3n) is 2.76. The SMILES string of the molecule is FC(F)COCCC(Cl)c1cc2c(cc1Br)OCCO2. The summed E-state index contributed by atoms with van der Waals surface area (Å²) >= 11 is 9.70. The standard InChI is InChI=1S/C13H14BrClF2O3/c14-9-6-12-11(19-3-4-20-12)5-8(9)10(15)1-2-18-7-13(16)17/h5-6,10,13H,1-4,7H2. The number of hydrogen-bond acceptors (Lipinski definition) is 3. The predicted octanol–water partition coefficient (Wildman–Crippen LogP) is 4.17. The van der Waals surface area contributed by atoms with E-state index in [0.717, 1.165) is 10.0 Å². The van der Waals surface area contributed by atoms with E-state index in [0.29, 0.717) is 31.1 Å². The molecule has 112 valence electrons. The molecule has 0 saturated heterocycles. The third kappa shape index (κ3) is 4.20. The zero-order valence-corrected chi connectivity index (χ0v) is 12.9. The van der Waals surface area contributed by atoms with Gasteiger partial charge >= 0.3 is 0 Å². The van der Waals surface area contributed by atoms with Crippen molar-refractivity contribution in [3.63, 3.8) is 0 Å². The van der Waals surface area contributed by atoms with Crippen LogP contribution >= 0.6 is 27.5 Å². The Hall–Kier alpha value is -0.590. The lowest BCUT2D eigenvalue weighted by molar-refractivity contribution is 0.0165. The number of halogens is 4. The first-order valence-corrected chi connectivity index (χ1v) is 7.40. The van der Waals surface area contributed by atoms with Crippen LogP contribution in [0.4, 0.5) is 8.78 Å². The average Bonchev–Trinajstić information content (AvgIpc) is 2.42. The number of hydrogen-bond donors (Lipinski definition) is 0. The monoisotopic (exact) mass is 370 g/mol. The Morgan fingerprint density at radius 1 is 1.25 bits per heavy atom. The van der Waals surface area contributed by atoms with Crippen LogP contribution in [0.2, 0.25) is 0 Å². The zero-order valence-electron chi connectivity index (χ0n) is 10.6. The molecule has 0 amide bonds. The van der Waals surface area contributed by atoms with Crippen molar-refractivity contribution in [1.82, 2.24) is 0 Å². The molecule has 1 atom stereocenters. The van der Waals surface area contributed by atoms with E-state index in [9.17, 15) is 8.78 Å². The number of rotatable bonds is 6. The van der Waals surface area contributed by atoms with Crippen LogP contribution in [0.5, 0.6) is 11.5 Å². The number of benzene rings is 1. The van der Waals surface area contributed by atoms with Crippen molar-refractivity contribution in [2.24, 2.45) is 0 Å². The molecule has 1 aromatic rings. The summed E-state index contributed by atoms with van der Waals surface area (Å²) in [6.45, 7) is 0.633. The molecule has 20 heavy (non-hydrogen) atoms. The van der Waals surface area contributed by atoms with Gasteiger partial charge in [0.2, 0.25) is 0 Å². The number of alkyl halides is 3. The van der Waals surface area contributed by atoms with Gasteiger partial charge in [-0.1, -0.05) is 15.9 Å². The molecule has 0 spiro atoms. The highest BCUT2D eigenvalue weighted by Crippen LogP contribution is 2.40. The molecule has 0 fully saturated rings. The molecule has 1 aromatic carbocycles. The molecule has 0 aromatic heterocycles. The van der Waals surface area contributed by atoms with Gasteiger partial charge in [0.15, 0.2) is 11.5 Å². The average molecular weight is 372 g/mol. The quantitative estimate of drug-likeness (QED) is 0.555. The second-order valence-corrected chi connectivity index (χ2v) is 5.62. The van der Waals surface area contributed by atoms with Crippen LogP contribution < -0.4 is 9.47 Å². The van der Waals surface area contributed by atoms with E-state index < -0.39 is 13.0 Å². The summed E-state index contributed by atoms with van der Waals surface area (Å²) in [6, 6.07) is 3.61. The van der Waals surface area contributed by atoms with Gasteiger partial charge in [-0.3, -0.25) is 0 Å². The largest absolute Gasteiger partial charge is 0.486 e. The first-order valence-electron chi connectivity index (χ1n) is 6.17. The second kappa shape index (κ2) is 7.43. The topological polar surface area (TPSA) is 27.7 Å². The smallest absolute Gasteiger partial charge is 0.261 e. The van der Waals surface area contributed by atoms with Crippen LogP contribution in [-0.2, 0) is 4.74 Å². The van der Waals surface area contributed by atoms with Gasteiger partial charge in [-0.15, -0.1) is 11.6 Å². The van der Waals surface area contributed by atoms with Crippen molar-refractivity contribution in [2.45, 2.75) is 18.2 Å². The van der Waals surface area contributed by atoms with Gasteiger partial charge in [0.25, 0.3) is 6.43 Å². The van der Waals surface area contributed by atoms with E-state index in [4.69, 9.17) is 25.8 Å². The van der Waals surface area contributed by atoms with E-state index in [-0.39, 0.29) is 12.0 Å². The molecule has 0 saturated carbocycles. The molecule has 1 heterocycles. The Morgan fingerprint density at radius 2 is 1.90 bits per heavy atom. The van der Waals surface area contributed by atoms with Crippen LogP contribution in [0.1, 0.15) is 17.4 Å². The van der Waals surface area contributed by atoms with Gasteiger partial charge in [-0.2, -0.15) is 0 Å².